The summed E-state index contributed by atoms with van der Waals surface area (Å²) in [5.74, 6) is 0.648. The Kier molecular flexibility index (Phi) is 7.43. The van der Waals surface area contributed by atoms with Crippen molar-refractivity contribution < 1.29 is 14.3 Å². The van der Waals surface area contributed by atoms with Gasteiger partial charge in [0.2, 0.25) is 0 Å². The highest BCUT2D eigenvalue weighted by Gasteiger charge is 2.30. The summed E-state index contributed by atoms with van der Waals surface area (Å²) in [7, 11) is 5.06. The van der Waals surface area contributed by atoms with Gasteiger partial charge in [-0.2, -0.15) is 0 Å². The van der Waals surface area contributed by atoms with Crippen molar-refractivity contribution in [1.82, 2.24) is 15.1 Å². The van der Waals surface area contributed by atoms with Gasteiger partial charge in [0.25, 0.3) is 11.8 Å². The van der Waals surface area contributed by atoms with Crippen molar-refractivity contribution in [3.63, 3.8) is 0 Å². The van der Waals surface area contributed by atoms with E-state index >= 15 is 0 Å². The molecule has 2 aromatic carbocycles. The van der Waals surface area contributed by atoms with Crippen LogP contribution in [0, 0.1) is 0 Å². The van der Waals surface area contributed by atoms with Gasteiger partial charge in [0.05, 0.1) is 13.2 Å². The number of halogens is 1. The fraction of sp³-hybridized carbons (Fsp3) is 0.333. The molecule has 0 bridgehead atoms. The number of nitrogens with one attached hydrogen (secondary N) is 1. The summed E-state index contributed by atoms with van der Waals surface area (Å²) in [5.41, 5.74) is 2.13. The van der Waals surface area contributed by atoms with Crippen molar-refractivity contribution in [2.24, 2.45) is 0 Å². The van der Waals surface area contributed by atoms with Crippen LogP contribution in [-0.2, 0) is 0 Å². The minimum atomic E-state index is -0.106. The lowest BCUT2D eigenvalue weighted by atomic mass is 10.0. The maximum atomic E-state index is 13.2. The lowest BCUT2D eigenvalue weighted by Gasteiger charge is -2.37. The third-order valence-electron chi connectivity index (χ3n) is 4.79. The summed E-state index contributed by atoms with van der Waals surface area (Å²) in [6.45, 7) is 2.03. The standard InChI is InChI=1S/C21H25N3O3.ClH/c1-23(2)20(25)15-8-10-16(11-9-15)21(26)24-13-12-22-14-18(24)17-6-4-5-7-19(17)27-3;/h4-11,18,22H,12-14H2,1-3H3;1H. The largest absolute Gasteiger partial charge is 0.496 e. The van der Waals surface area contributed by atoms with E-state index < -0.39 is 0 Å². The number of hydrogen-bond acceptors (Lipinski definition) is 4. The molecule has 28 heavy (non-hydrogen) atoms. The van der Waals surface area contributed by atoms with Crippen molar-refractivity contribution in [3.8, 4) is 5.75 Å². The highest BCUT2D eigenvalue weighted by Crippen LogP contribution is 2.31. The van der Waals surface area contributed by atoms with Gasteiger partial charge in [-0.3, -0.25) is 9.59 Å². The number of carbonyl (C=O) groups is 2. The Labute approximate surface area is 171 Å². The molecule has 1 fully saturated rings. The maximum Gasteiger partial charge on any atom is 0.254 e. The zero-order valence-corrected chi connectivity index (χ0v) is 17.2. The van der Waals surface area contributed by atoms with Crippen LogP contribution >= 0.6 is 12.4 Å². The zero-order valence-electron chi connectivity index (χ0n) is 16.3. The number of ether oxygens (including phenoxy) is 1. The lowest BCUT2D eigenvalue weighted by Crippen LogP contribution is -2.48. The molecule has 7 heteroatoms. The average molecular weight is 404 g/mol. The Morgan fingerprint density at radius 2 is 1.71 bits per heavy atom. The zero-order chi connectivity index (χ0) is 19.4. The van der Waals surface area contributed by atoms with E-state index in [0.717, 1.165) is 17.9 Å². The molecule has 6 nitrogen and oxygen atoms in total. The Bertz CT molecular complexity index is 824. The summed E-state index contributed by atoms with van der Waals surface area (Å²) >= 11 is 0. The number of amides is 2. The van der Waals surface area contributed by atoms with Crippen LogP contribution in [0.15, 0.2) is 48.5 Å². The molecule has 1 aliphatic heterocycles. The molecule has 0 aromatic heterocycles. The summed E-state index contributed by atoms with van der Waals surface area (Å²) < 4.78 is 5.49. The number of para-hydroxylation sites is 1. The van der Waals surface area contributed by atoms with Crippen LogP contribution in [0.5, 0.6) is 5.75 Å². The predicted molar refractivity (Wildman–Crippen MR) is 111 cm³/mol. The predicted octanol–water partition coefficient (Wildman–Crippen LogP) is 2.61. The normalized spacial score (nSPS) is 16.1. The van der Waals surface area contributed by atoms with Gasteiger partial charge in [0, 0.05) is 50.4 Å². The smallest absolute Gasteiger partial charge is 0.254 e. The number of hydrogen-bond donors (Lipinski definition) is 1. The van der Waals surface area contributed by atoms with Crippen LogP contribution in [-0.4, -0.2) is 62.5 Å². The van der Waals surface area contributed by atoms with Gasteiger partial charge in [-0.15, -0.1) is 12.4 Å². The molecule has 1 atom stereocenters. The maximum absolute atomic E-state index is 13.2. The lowest BCUT2D eigenvalue weighted by molar-refractivity contribution is 0.0631. The second-order valence-corrected chi connectivity index (χ2v) is 6.74. The number of methoxy groups -OCH3 is 1. The minimum absolute atomic E-state index is 0. The van der Waals surface area contributed by atoms with E-state index in [2.05, 4.69) is 5.32 Å². The van der Waals surface area contributed by atoms with E-state index in [-0.39, 0.29) is 30.3 Å². The van der Waals surface area contributed by atoms with Crippen LogP contribution in [0.1, 0.15) is 32.3 Å². The van der Waals surface area contributed by atoms with Gasteiger partial charge in [-0.25, -0.2) is 0 Å². The Morgan fingerprint density at radius 1 is 1.07 bits per heavy atom. The molecule has 0 radical (unpaired) electrons. The highest BCUT2D eigenvalue weighted by molar-refractivity contribution is 5.98. The molecule has 0 saturated carbocycles. The van der Waals surface area contributed by atoms with Crippen molar-refractivity contribution in [2.75, 3.05) is 40.8 Å². The van der Waals surface area contributed by atoms with Gasteiger partial charge >= 0.3 is 0 Å². The van der Waals surface area contributed by atoms with Gasteiger partial charge in [0.15, 0.2) is 0 Å². The van der Waals surface area contributed by atoms with Gasteiger partial charge in [-0.1, -0.05) is 18.2 Å². The van der Waals surface area contributed by atoms with Gasteiger partial charge in [0.1, 0.15) is 5.75 Å². The molecule has 1 aliphatic rings. The fourth-order valence-electron chi connectivity index (χ4n) is 3.35. The van der Waals surface area contributed by atoms with E-state index in [0.29, 0.717) is 24.2 Å². The molecule has 1 N–H and O–H groups in total. The van der Waals surface area contributed by atoms with E-state index in [4.69, 9.17) is 4.74 Å². The highest BCUT2D eigenvalue weighted by atomic mass is 35.5. The molecule has 2 aromatic rings. The first-order valence-corrected chi connectivity index (χ1v) is 8.99. The summed E-state index contributed by atoms with van der Waals surface area (Å²) in [5, 5.41) is 3.36. The molecular formula is C21H26ClN3O3. The third kappa shape index (κ3) is 4.46. The van der Waals surface area contributed by atoms with E-state index in [9.17, 15) is 9.59 Å². The molecule has 1 unspecified atom stereocenters. The molecule has 3 rings (SSSR count). The molecule has 2 amide bonds. The average Bonchev–Trinajstić information content (AvgIpc) is 2.72. The van der Waals surface area contributed by atoms with Crippen molar-refractivity contribution in [1.29, 1.82) is 0 Å². The summed E-state index contributed by atoms with van der Waals surface area (Å²) in [6, 6.07) is 14.5. The number of nitrogens with zero attached hydrogens (tertiary/aromatic N) is 2. The van der Waals surface area contributed by atoms with Crippen LogP contribution in [0.25, 0.3) is 0 Å². The molecule has 0 aliphatic carbocycles. The Morgan fingerprint density at radius 3 is 2.36 bits per heavy atom. The summed E-state index contributed by atoms with van der Waals surface area (Å²) in [6.07, 6.45) is 0. The molecule has 150 valence electrons. The Hall–Kier alpha value is -2.57. The van der Waals surface area contributed by atoms with Crippen LogP contribution in [0.3, 0.4) is 0 Å². The fourth-order valence-corrected chi connectivity index (χ4v) is 3.35. The number of benzene rings is 2. The van der Waals surface area contributed by atoms with Crippen molar-refractivity contribution >= 4 is 24.2 Å². The van der Waals surface area contributed by atoms with Gasteiger partial charge in [-0.05, 0) is 30.3 Å². The van der Waals surface area contributed by atoms with Crippen molar-refractivity contribution in [3.05, 3.63) is 65.2 Å². The van der Waals surface area contributed by atoms with E-state index in [1.54, 1.807) is 45.5 Å². The number of rotatable bonds is 4. The monoisotopic (exact) mass is 403 g/mol. The molecule has 1 saturated heterocycles. The molecular weight excluding hydrogens is 378 g/mol. The second kappa shape index (κ2) is 9.57. The minimum Gasteiger partial charge on any atom is -0.496 e. The quantitative estimate of drug-likeness (QED) is 0.852. The van der Waals surface area contributed by atoms with Crippen LogP contribution in [0.2, 0.25) is 0 Å². The summed E-state index contributed by atoms with van der Waals surface area (Å²) in [4.78, 5) is 28.6. The second-order valence-electron chi connectivity index (χ2n) is 6.74. The van der Waals surface area contributed by atoms with E-state index in [1.807, 2.05) is 29.2 Å². The third-order valence-corrected chi connectivity index (χ3v) is 4.79. The SMILES string of the molecule is COc1ccccc1C1CNCCN1C(=O)c1ccc(C(=O)N(C)C)cc1.Cl. The van der Waals surface area contributed by atoms with Gasteiger partial charge < -0.3 is 19.9 Å². The van der Waals surface area contributed by atoms with Crippen molar-refractivity contribution in [2.45, 2.75) is 6.04 Å². The topological polar surface area (TPSA) is 61.9 Å². The first-order chi connectivity index (χ1) is 13.0. The molecule has 0 spiro atoms. The first kappa shape index (κ1) is 21.7. The van der Waals surface area contributed by atoms with Crippen LogP contribution < -0.4 is 10.1 Å². The number of carbonyl (C=O) groups excluding carboxylic acids is 2. The van der Waals surface area contributed by atoms with E-state index in [1.165, 1.54) is 4.90 Å². The number of piperazine rings is 1. The Balaban J connectivity index is 0.00000280. The first-order valence-electron chi connectivity index (χ1n) is 8.99. The van der Waals surface area contributed by atoms with Crippen LogP contribution in [0.4, 0.5) is 0 Å². The molecule has 1 heterocycles.